The molecule has 1 aromatic carbocycles. The van der Waals surface area contributed by atoms with Crippen LogP contribution in [0.5, 0.6) is 0 Å². The molecule has 0 radical (unpaired) electrons. The molecule has 0 spiro atoms. The Labute approximate surface area is 140 Å². The van der Waals surface area contributed by atoms with Gasteiger partial charge < -0.3 is 14.6 Å². The molecule has 122 valence electrons. The van der Waals surface area contributed by atoms with Gasteiger partial charge in [-0.05, 0) is 44.0 Å². The highest BCUT2D eigenvalue weighted by Crippen LogP contribution is 2.28. The monoisotopic (exact) mass is 322 g/mol. The lowest BCUT2D eigenvalue weighted by Crippen LogP contribution is -2.57. The van der Waals surface area contributed by atoms with Crippen molar-refractivity contribution in [1.29, 1.82) is 5.26 Å². The Morgan fingerprint density at radius 1 is 1.33 bits per heavy atom. The number of nitriles is 1. The third-order valence-corrected chi connectivity index (χ3v) is 4.99. The van der Waals surface area contributed by atoms with E-state index in [4.69, 9.17) is 4.42 Å². The number of nitrogens with one attached hydrogen (secondary N) is 1. The molecule has 24 heavy (non-hydrogen) atoms. The van der Waals surface area contributed by atoms with Crippen LogP contribution in [-0.4, -0.2) is 41.5 Å². The van der Waals surface area contributed by atoms with E-state index in [9.17, 15) is 10.1 Å². The average molecular weight is 322 g/mol. The van der Waals surface area contributed by atoms with Gasteiger partial charge in [0.2, 0.25) is 0 Å². The van der Waals surface area contributed by atoms with Gasteiger partial charge in [-0.15, -0.1) is 0 Å². The average Bonchev–Trinajstić information content (AvgIpc) is 3.13. The van der Waals surface area contributed by atoms with Crippen LogP contribution in [0.25, 0.3) is 11.3 Å². The van der Waals surface area contributed by atoms with Crippen molar-refractivity contribution in [1.82, 2.24) is 15.2 Å². The maximum absolute atomic E-state index is 12.4. The Morgan fingerprint density at radius 3 is 2.83 bits per heavy atom. The summed E-state index contributed by atoms with van der Waals surface area (Å²) in [6.07, 6.45) is 3.77. The number of carbonyl (C=O) groups is 1. The normalized spacial score (nSPS) is 25.2. The summed E-state index contributed by atoms with van der Waals surface area (Å²) in [5.74, 6) is 0.752. The van der Waals surface area contributed by atoms with Gasteiger partial charge in [0.05, 0.1) is 17.8 Å². The first-order valence-corrected chi connectivity index (χ1v) is 8.23. The number of nitrogens with zero attached hydrogens (tertiary/aromatic N) is 3. The van der Waals surface area contributed by atoms with Crippen LogP contribution in [0.2, 0.25) is 0 Å². The minimum absolute atomic E-state index is 0.0502. The highest BCUT2D eigenvalue weighted by atomic mass is 16.4. The molecule has 2 aromatic rings. The zero-order chi connectivity index (χ0) is 16.5. The van der Waals surface area contributed by atoms with Crippen LogP contribution in [0.15, 0.2) is 34.9 Å². The van der Waals surface area contributed by atoms with Gasteiger partial charge in [0, 0.05) is 18.2 Å². The topological polar surface area (TPSA) is 82.2 Å². The highest BCUT2D eigenvalue weighted by Gasteiger charge is 2.35. The van der Waals surface area contributed by atoms with Crippen LogP contribution < -0.4 is 5.32 Å². The summed E-state index contributed by atoms with van der Waals surface area (Å²) in [5, 5.41) is 12.2. The zero-order valence-corrected chi connectivity index (χ0v) is 13.2. The number of aromatic nitrogens is 1. The molecule has 0 aliphatic carbocycles. The van der Waals surface area contributed by atoms with E-state index in [1.165, 1.54) is 6.20 Å². The van der Waals surface area contributed by atoms with E-state index in [0.717, 1.165) is 32.5 Å². The Hall–Kier alpha value is -2.65. The molecule has 0 saturated carbocycles. The van der Waals surface area contributed by atoms with E-state index in [2.05, 4.69) is 21.3 Å². The number of fused-ring (bicyclic) bond motifs is 3. The largest absolute Gasteiger partial charge is 0.432 e. The summed E-state index contributed by atoms with van der Waals surface area (Å²) in [6.45, 7) is 3.16. The van der Waals surface area contributed by atoms with Gasteiger partial charge in [-0.1, -0.05) is 12.1 Å². The van der Waals surface area contributed by atoms with Crippen LogP contribution in [0.4, 0.5) is 0 Å². The van der Waals surface area contributed by atoms with Crippen LogP contribution in [0, 0.1) is 17.2 Å². The Bertz CT molecular complexity index is 799. The van der Waals surface area contributed by atoms with Gasteiger partial charge in [-0.2, -0.15) is 5.26 Å². The summed E-state index contributed by atoms with van der Waals surface area (Å²) < 4.78 is 5.61. The number of carbonyl (C=O) groups excluding carboxylic acids is 1. The summed E-state index contributed by atoms with van der Waals surface area (Å²) in [5.41, 5.74) is 1.15. The number of piperidine rings is 3. The first kappa shape index (κ1) is 14.9. The molecule has 5 rings (SSSR count). The number of amides is 1. The maximum atomic E-state index is 12.4. The summed E-state index contributed by atoms with van der Waals surface area (Å²) in [6, 6.07) is 9.41. The molecule has 3 aliphatic heterocycles. The molecule has 4 heterocycles. The molecule has 3 saturated heterocycles. The molecule has 1 aromatic heterocycles. The summed E-state index contributed by atoms with van der Waals surface area (Å²) in [4.78, 5) is 18.9. The minimum atomic E-state index is -0.283. The zero-order valence-electron chi connectivity index (χ0n) is 13.2. The molecule has 1 N–H and O–H groups in total. The Kier molecular flexibility index (Phi) is 3.79. The lowest BCUT2D eigenvalue weighted by Gasteiger charge is -2.44. The van der Waals surface area contributed by atoms with Gasteiger partial charge >= 0.3 is 5.91 Å². The second-order valence-corrected chi connectivity index (χ2v) is 6.41. The van der Waals surface area contributed by atoms with Gasteiger partial charge in [-0.3, -0.25) is 4.79 Å². The molecule has 1 amide bonds. The lowest BCUT2D eigenvalue weighted by atomic mass is 9.84. The third kappa shape index (κ3) is 2.68. The van der Waals surface area contributed by atoms with E-state index >= 15 is 0 Å². The van der Waals surface area contributed by atoms with Crippen molar-refractivity contribution in [2.24, 2.45) is 5.92 Å². The Morgan fingerprint density at radius 2 is 2.12 bits per heavy atom. The van der Waals surface area contributed by atoms with Crippen molar-refractivity contribution in [3.05, 3.63) is 41.9 Å². The van der Waals surface area contributed by atoms with Crippen molar-refractivity contribution >= 4 is 5.91 Å². The van der Waals surface area contributed by atoms with Crippen LogP contribution in [-0.2, 0) is 0 Å². The molecular formula is C18H18N4O2. The number of rotatable bonds is 3. The van der Waals surface area contributed by atoms with Gasteiger partial charge in [0.1, 0.15) is 0 Å². The fourth-order valence-electron chi connectivity index (χ4n) is 3.66. The maximum Gasteiger partial charge on any atom is 0.307 e. The Balaban J connectivity index is 1.50. The van der Waals surface area contributed by atoms with E-state index in [-0.39, 0.29) is 17.8 Å². The molecule has 2 bridgehead atoms. The predicted molar refractivity (Wildman–Crippen MR) is 87.1 cm³/mol. The van der Waals surface area contributed by atoms with E-state index in [1.54, 1.807) is 18.2 Å². The molecule has 3 fully saturated rings. The molecule has 3 aliphatic rings. The van der Waals surface area contributed by atoms with E-state index in [1.807, 2.05) is 6.07 Å². The highest BCUT2D eigenvalue weighted by molar-refractivity contribution is 5.90. The van der Waals surface area contributed by atoms with Crippen molar-refractivity contribution in [2.75, 3.05) is 19.6 Å². The smallest absolute Gasteiger partial charge is 0.307 e. The van der Waals surface area contributed by atoms with E-state index in [0.29, 0.717) is 22.8 Å². The first-order chi connectivity index (χ1) is 11.7. The molecule has 1 atom stereocenters. The quantitative estimate of drug-likeness (QED) is 0.935. The standard InChI is InChI=1S/C18H18N4O2/c19-9-13-3-1-2-4-14(13)16-10-20-18(24-16)17(23)21-15-11-22-7-5-12(15)6-8-22/h1-4,10,12,15H,5-8,11H2,(H,21,23)/t15-/m0/s1. The van der Waals surface area contributed by atoms with Gasteiger partial charge in [-0.25, -0.2) is 4.98 Å². The number of benzene rings is 1. The molecular weight excluding hydrogens is 304 g/mol. The fraction of sp³-hybridized carbons (Fsp3) is 0.389. The summed E-state index contributed by atoms with van der Waals surface area (Å²) >= 11 is 0. The SMILES string of the molecule is N#Cc1ccccc1-c1cnc(C(=O)N[C@H]2CN3CCC2CC3)o1. The van der Waals surface area contributed by atoms with Crippen molar-refractivity contribution in [2.45, 2.75) is 18.9 Å². The number of hydrogen-bond donors (Lipinski definition) is 1. The molecule has 6 nitrogen and oxygen atoms in total. The number of oxazole rings is 1. The lowest BCUT2D eigenvalue weighted by molar-refractivity contribution is 0.0602. The second kappa shape index (κ2) is 6.10. The first-order valence-electron chi connectivity index (χ1n) is 8.23. The predicted octanol–water partition coefficient (Wildman–Crippen LogP) is 2.04. The third-order valence-electron chi connectivity index (χ3n) is 4.99. The van der Waals surface area contributed by atoms with Crippen molar-refractivity contribution in [3.63, 3.8) is 0 Å². The van der Waals surface area contributed by atoms with Crippen LogP contribution >= 0.6 is 0 Å². The fourth-order valence-corrected chi connectivity index (χ4v) is 3.66. The molecule has 0 unspecified atom stereocenters. The minimum Gasteiger partial charge on any atom is -0.432 e. The van der Waals surface area contributed by atoms with Gasteiger partial charge in [0.25, 0.3) is 5.89 Å². The van der Waals surface area contributed by atoms with Crippen LogP contribution in [0.1, 0.15) is 29.1 Å². The van der Waals surface area contributed by atoms with Crippen molar-refractivity contribution < 1.29 is 9.21 Å². The van der Waals surface area contributed by atoms with Crippen LogP contribution in [0.3, 0.4) is 0 Å². The molecule has 6 heteroatoms. The van der Waals surface area contributed by atoms with E-state index < -0.39 is 0 Å². The van der Waals surface area contributed by atoms with Crippen molar-refractivity contribution in [3.8, 4) is 17.4 Å². The summed E-state index contributed by atoms with van der Waals surface area (Å²) in [7, 11) is 0. The van der Waals surface area contributed by atoms with Gasteiger partial charge in [0.15, 0.2) is 5.76 Å². The second-order valence-electron chi connectivity index (χ2n) is 6.41. The number of hydrogen-bond acceptors (Lipinski definition) is 5.